The predicted octanol–water partition coefficient (Wildman–Crippen LogP) is 15.0. The van der Waals surface area contributed by atoms with E-state index in [2.05, 4.69) is 26.0 Å². The van der Waals surface area contributed by atoms with Crippen molar-refractivity contribution in [3.63, 3.8) is 0 Å². The highest BCUT2D eigenvalue weighted by molar-refractivity contribution is 5.69. The number of unbranched alkanes of at least 4 members (excludes halogenated alkanes) is 29. The van der Waals surface area contributed by atoms with Gasteiger partial charge in [0.25, 0.3) is 0 Å². The molecule has 0 aromatic heterocycles. The molecule has 0 bridgehead atoms. The molecule has 0 aliphatic carbocycles. The van der Waals surface area contributed by atoms with Crippen LogP contribution < -0.4 is 0 Å². The van der Waals surface area contributed by atoms with Gasteiger partial charge in [0, 0.05) is 12.8 Å². The number of carboxylic acid groups (broad SMARTS) is 1. The molecule has 0 fully saturated rings. The standard InChI is InChI=1S/C44H84O4/c1-3-5-7-9-11-12-13-14-15-16-17-18-19-20-21-22-23-24-29-33-37-41-44(47)48-42(38-34-30-26-10-8-6-4-2)39-35-31-27-25-28-32-36-40-43(45)46/h14-15,42H,3-13,16-41H2,1-2H3,(H,45,46)/b15-14-. The summed E-state index contributed by atoms with van der Waals surface area (Å²) in [7, 11) is 0. The Morgan fingerprint density at radius 2 is 0.750 bits per heavy atom. The smallest absolute Gasteiger partial charge is 0.306 e. The van der Waals surface area contributed by atoms with Crippen molar-refractivity contribution in [1.29, 1.82) is 0 Å². The first-order valence-corrected chi connectivity index (χ1v) is 21.7. The molecule has 4 nitrogen and oxygen atoms in total. The van der Waals surface area contributed by atoms with Gasteiger partial charge in [-0.2, -0.15) is 0 Å². The minimum atomic E-state index is -0.684. The molecule has 0 saturated carbocycles. The normalized spacial score (nSPS) is 12.2. The van der Waals surface area contributed by atoms with Gasteiger partial charge in [0.15, 0.2) is 0 Å². The monoisotopic (exact) mass is 677 g/mol. The maximum atomic E-state index is 12.7. The van der Waals surface area contributed by atoms with E-state index in [0.717, 1.165) is 51.4 Å². The predicted molar refractivity (Wildman–Crippen MR) is 209 cm³/mol. The lowest BCUT2D eigenvalue weighted by atomic mass is 10.0. The summed E-state index contributed by atoms with van der Waals surface area (Å²) in [6.07, 6.45) is 49.7. The number of hydrogen-bond acceptors (Lipinski definition) is 3. The largest absolute Gasteiger partial charge is 0.481 e. The summed E-state index contributed by atoms with van der Waals surface area (Å²) in [4.78, 5) is 23.3. The quantitative estimate of drug-likeness (QED) is 0.0398. The second kappa shape index (κ2) is 40.1. The van der Waals surface area contributed by atoms with Crippen LogP contribution in [-0.2, 0) is 14.3 Å². The van der Waals surface area contributed by atoms with E-state index in [9.17, 15) is 9.59 Å². The van der Waals surface area contributed by atoms with Gasteiger partial charge >= 0.3 is 11.9 Å². The van der Waals surface area contributed by atoms with Gasteiger partial charge < -0.3 is 9.84 Å². The Hall–Kier alpha value is -1.32. The fourth-order valence-electron chi connectivity index (χ4n) is 6.77. The van der Waals surface area contributed by atoms with Crippen molar-refractivity contribution in [2.24, 2.45) is 0 Å². The molecule has 0 heterocycles. The molecular formula is C44H84O4. The fourth-order valence-corrected chi connectivity index (χ4v) is 6.77. The van der Waals surface area contributed by atoms with E-state index in [0.29, 0.717) is 12.8 Å². The molecule has 1 unspecified atom stereocenters. The molecule has 1 N–H and O–H groups in total. The summed E-state index contributed by atoms with van der Waals surface area (Å²) in [6.45, 7) is 4.55. The highest BCUT2D eigenvalue weighted by atomic mass is 16.5. The summed E-state index contributed by atoms with van der Waals surface area (Å²) in [5, 5.41) is 8.76. The highest BCUT2D eigenvalue weighted by Crippen LogP contribution is 2.19. The van der Waals surface area contributed by atoms with Crippen molar-refractivity contribution in [3.05, 3.63) is 12.2 Å². The Balaban J connectivity index is 3.82. The lowest BCUT2D eigenvalue weighted by molar-refractivity contribution is -0.150. The average Bonchev–Trinajstić information content (AvgIpc) is 3.07. The maximum absolute atomic E-state index is 12.7. The molecule has 0 rings (SSSR count). The molecule has 48 heavy (non-hydrogen) atoms. The molecule has 1 atom stereocenters. The number of aliphatic carboxylic acids is 1. The van der Waals surface area contributed by atoms with E-state index in [1.165, 1.54) is 173 Å². The third-order valence-corrected chi connectivity index (χ3v) is 9.99. The van der Waals surface area contributed by atoms with Gasteiger partial charge in [-0.1, -0.05) is 187 Å². The van der Waals surface area contributed by atoms with Crippen molar-refractivity contribution < 1.29 is 19.4 Å². The molecule has 0 saturated heterocycles. The van der Waals surface area contributed by atoms with Crippen LogP contribution in [0.5, 0.6) is 0 Å². The van der Waals surface area contributed by atoms with Crippen LogP contribution in [0.15, 0.2) is 12.2 Å². The highest BCUT2D eigenvalue weighted by Gasteiger charge is 2.14. The van der Waals surface area contributed by atoms with E-state index in [4.69, 9.17) is 9.84 Å². The number of esters is 1. The van der Waals surface area contributed by atoms with Crippen molar-refractivity contribution in [2.75, 3.05) is 0 Å². The molecule has 284 valence electrons. The Morgan fingerprint density at radius 1 is 0.438 bits per heavy atom. The van der Waals surface area contributed by atoms with E-state index < -0.39 is 5.97 Å². The van der Waals surface area contributed by atoms with Crippen LogP contribution >= 0.6 is 0 Å². The maximum Gasteiger partial charge on any atom is 0.306 e. The van der Waals surface area contributed by atoms with Gasteiger partial charge in [-0.15, -0.1) is 0 Å². The number of ether oxygens (including phenoxy) is 1. The minimum Gasteiger partial charge on any atom is -0.481 e. The van der Waals surface area contributed by atoms with Crippen LogP contribution in [0.3, 0.4) is 0 Å². The van der Waals surface area contributed by atoms with Crippen molar-refractivity contribution in [3.8, 4) is 0 Å². The number of carbonyl (C=O) groups excluding carboxylic acids is 1. The number of rotatable bonds is 40. The number of carbonyl (C=O) groups is 2. The summed E-state index contributed by atoms with van der Waals surface area (Å²) in [5.74, 6) is -0.662. The Morgan fingerprint density at radius 3 is 1.12 bits per heavy atom. The second-order valence-corrected chi connectivity index (χ2v) is 14.9. The number of hydrogen-bond donors (Lipinski definition) is 1. The zero-order chi connectivity index (χ0) is 35.0. The first-order chi connectivity index (χ1) is 23.6. The SMILES string of the molecule is CCCCCCCC/C=C\CCCCCCCCCCCCCC(=O)OC(CCCCCCCCC)CCCCCCCCCC(=O)O. The van der Waals surface area contributed by atoms with Crippen LogP contribution in [0.25, 0.3) is 0 Å². The minimum absolute atomic E-state index is 0.0228. The van der Waals surface area contributed by atoms with Gasteiger partial charge in [0.1, 0.15) is 6.10 Å². The lowest BCUT2D eigenvalue weighted by Crippen LogP contribution is -2.18. The molecule has 0 aromatic rings. The van der Waals surface area contributed by atoms with E-state index in [-0.39, 0.29) is 12.1 Å². The van der Waals surface area contributed by atoms with Gasteiger partial charge in [-0.3, -0.25) is 9.59 Å². The third-order valence-electron chi connectivity index (χ3n) is 9.99. The Labute approximate surface area is 300 Å². The summed E-state index contributed by atoms with van der Waals surface area (Å²) in [6, 6.07) is 0. The topological polar surface area (TPSA) is 63.6 Å². The van der Waals surface area contributed by atoms with Crippen LogP contribution in [0.4, 0.5) is 0 Å². The average molecular weight is 677 g/mol. The van der Waals surface area contributed by atoms with Gasteiger partial charge in [0.05, 0.1) is 0 Å². The Kier molecular flexibility index (Phi) is 39.0. The van der Waals surface area contributed by atoms with Crippen LogP contribution in [0, 0.1) is 0 Å². The van der Waals surface area contributed by atoms with Gasteiger partial charge in [0.2, 0.25) is 0 Å². The third kappa shape index (κ3) is 39.1. The van der Waals surface area contributed by atoms with Crippen molar-refractivity contribution in [2.45, 2.75) is 258 Å². The molecular weight excluding hydrogens is 592 g/mol. The summed E-state index contributed by atoms with van der Waals surface area (Å²) in [5.41, 5.74) is 0. The molecule has 0 spiro atoms. The first kappa shape index (κ1) is 46.7. The second-order valence-electron chi connectivity index (χ2n) is 14.9. The van der Waals surface area contributed by atoms with Crippen LogP contribution in [0.2, 0.25) is 0 Å². The molecule has 0 aliphatic heterocycles. The zero-order valence-corrected chi connectivity index (χ0v) is 32.6. The Bertz CT molecular complexity index is 687. The molecule has 0 aromatic carbocycles. The number of carboxylic acids is 1. The van der Waals surface area contributed by atoms with Gasteiger partial charge in [-0.05, 0) is 64.2 Å². The van der Waals surface area contributed by atoms with Crippen molar-refractivity contribution >= 4 is 11.9 Å². The molecule has 4 heteroatoms. The van der Waals surface area contributed by atoms with E-state index in [1.54, 1.807) is 0 Å². The van der Waals surface area contributed by atoms with E-state index >= 15 is 0 Å². The molecule has 0 amide bonds. The van der Waals surface area contributed by atoms with Crippen molar-refractivity contribution in [1.82, 2.24) is 0 Å². The molecule has 0 aliphatic rings. The summed E-state index contributed by atoms with van der Waals surface area (Å²) >= 11 is 0. The van der Waals surface area contributed by atoms with E-state index in [1.807, 2.05) is 0 Å². The number of allylic oxidation sites excluding steroid dienone is 2. The summed E-state index contributed by atoms with van der Waals surface area (Å²) < 4.78 is 6.02. The lowest BCUT2D eigenvalue weighted by Gasteiger charge is -2.18. The van der Waals surface area contributed by atoms with Crippen LogP contribution in [0.1, 0.15) is 251 Å². The van der Waals surface area contributed by atoms with Crippen LogP contribution in [-0.4, -0.2) is 23.1 Å². The first-order valence-electron chi connectivity index (χ1n) is 21.7. The zero-order valence-electron chi connectivity index (χ0n) is 32.6. The fraction of sp³-hybridized carbons (Fsp3) is 0.909. The molecule has 0 radical (unpaired) electrons. The van der Waals surface area contributed by atoms with Gasteiger partial charge in [-0.25, -0.2) is 0 Å².